The van der Waals surface area contributed by atoms with E-state index < -0.39 is 12.1 Å². The molecule has 2 aliphatic rings. The summed E-state index contributed by atoms with van der Waals surface area (Å²) < 4.78 is 5.27. The quantitative estimate of drug-likeness (QED) is 0.702. The fraction of sp³-hybridized carbons (Fsp3) is 0.700. The molecule has 0 aromatic carbocycles. The number of hydrogen-bond donors (Lipinski definition) is 1. The molecule has 1 N–H and O–H groups in total. The van der Waals surface area contributed by atoms with Crippen LogP contribution in [-0.4, -0.2) is 58.0 Å². The molecule has 2 unspecified atom stereocenters. The van der Waals surface area contributed by atoms with Crippen LogP contribution in [0.4, 0.5) is 0 Å². The summed E-state index contributed by atoms with van der Waals surface area (Å²) in [5.74, 6) is -0.802. The third kappa shape index (κ3) is 2.78. The second-order valence-corrected chi connectivity index (χ2v) is 5.04. The lowest BCUT2D eigenvalue weighted by molar-refractivity contribution is -0.151. The lowest BCUT2D eigenvalue weighted by Crippen LogP contribution is -2.46. The molecule has 0 aliphatic carbocycles. The minimum absolute atomic E-state index is 0.183. The van der Waals surface area contributed by atoms with Crippen LogP contribution >= 0.6 is 11.8 Å². The standard InChI is InChI=1S/C10H13NO5S/c12-8-4-17-5-9(13)11(8)3-6-1-2-7(16-6)10(14)15/h6-7H,1-5H2,(H,14,15). The van der Waals surface area contributed by atoms with Gasteiger partial charge in [-0.05, 0) is 12.8 Å². The predicted molar refractivity (Wildman–Crippen MR) is 59.6 cm³/mol. The molecular weight excluding hydrogens is 246 g/mol. The third-order valence-electron chi connectivity index (χ3n) is 2.82. The van der Waals surface area contributed by atoms with Crippen LogP contribution in [0.15, 0.2) is 0 Å². The maximum absolute atomic E-state index is 11.5. The van der Waals surface area contributed by atoms with Gasteiger partial charge in [-0.25, -0.2) is 4.79 Å². The van der Waals surface area contributed by atoms with Crippen molar-refractivity contribution < 1.29 is 24.2 Å². The lowest BCUT2D eigenvalue weighted by Gasteiger charge is -2.26. The van der Waals surface area contributed by atoms with Gasteiger partial charge in [0.15, 0.2) is 6.10 Å². The molecule has 6 nitrogen and oxygen atoms in total. The van der Waals surface area contributed by atoms with Crippen molar-refractivity contribution in [3.8, 4) is 0 Å². The van der Waals surface area contributed by atoms with Crippen molar-refractivity contribution >= 4 is 29.5 Å². The summed E-state index contributed by atoms with van der Waals surface area (Å²) in [6.45, 7) is 0.183. The molecule has 7 heteroatoms. The second kappa shape index (κ2) is 5.05. The molecule has 0 spiro atoms. The van der Waals surface area contributed by atoms with Gasteiger partial charge in [0, 0.05) is 0 Å². The number of carbonyl (C=O) groups excluding carboxylic acids is 2. The van der Waals surface area contributed by atoms with Crippen LogP contribution in [-0.2, 0) is 19.1 Å². The zero-order valence-corrected chi connectivity index (χ0v) is 9.94. The van der Waals surface area contributed by atoms with Crippen LogP contribution in [0.3, 0.4) is 0 Å². The Balaban J connectivity index is 1.91. The molecular formula is C10H13NO5S. The Labute approximate surface area is 102 Å². The largest absolute Gasteiger partial charge is 0.479 e. The van der Waals surface area contributed by atoms with E-state index in [1.54, 1.807) is 0 Å². The van der Waals surface area contributed by atoms with Crippen LogP contribution in [0.5, 0.6) is 0 Å². The molecule has 2 rings (SSSR count). The molecule has 0 saturated carbocycles. The smallest absolute Gasteiger partial charge is 0.332 e. The number of thioether (sulfide) groups is 1. The maximum atomic E-state index is 11.5. The molecule has 2 saturated heterocycles. The number of carbonyl (C=O) groups is 3. The van der Waals surface area contributed by atoms with Crippen molar-refractivity contribution in [2.45, 2.75) is 25.0 Å². The van der Waals surface area contributed by atoms with E-state index in [0.29, 0.717) is 24.3 Å². The number of rotatable bonds is 3. The van der Waals surface area contributed by atoms with Gasteiger partial charge < -0.3 is 9.84 Å². The number of carboxylic acids is 1. The highest BCUT2D eigenvalue weighted by molar-refractivity contribution is 8.00. The van der Waals surface area contributed by atoms with Gasteiger partial charge in [-0.15, -0.1) is 11.8 Å². The van der Waals surface area contributed by atoms with Gasteiger partial charge in [0.2, 0.25) is 11.8 Å². The van der Waals surface area contributed by atoms with Gasteiger partial charge in [0.05, 0.1) is 24.2 Å². The number of carboxylic acid groups (broad SMARTS) is 1. The minimum Gasteiger partial charge on any atom is -0.479 e. The Kier molecular flexibility index (Phi) is 3.68. The van der Waals surface area contributed by atoms with Crippen molar-refractivity contribution in [1.29, 1.82) is 0 Å². The topological polar surface area (TPSA) is 83.9 Å². The first-order valence-electron chi connectivity index (χ1n) is 5.37. The summed E-state index contributed by atoms with van der Waals surface area (Å²) >= 11 is 1.30. The van der Waals surface area contributed by atoms with Gasteiger partial charge >= 0.3 is 5.97 Å². The number of hydrogen-bond acceptors (Lipinski definition) is 5. The molecule has 0 bridgehead atoms. The number of nitrogens with zero attached hydrogens (tertiary/aromatic N) is 1. The maximum Gasteiger partial charge on any atom is 0.332 e. The van der Waals surface area contributed by atoms with Crippen LogP contribution < -0.4 is 0 Å². The van der Waals surface area contributed by atoms with E-state index >= 15 is 0 Å². The number of ether oxygens (including phenoxy) is 1. The van der Waals surface area contributed by atoms with Crippen molar-refractivity contribution in [2.24, 2.45) is 0 Å². The molecule has 0 aromatic rings. The first kappa shape index (κ1) is 12.4. The van der Waals surface area contributed by atoms with Crippen LogP contribution in [0.25, 0.3) is 0 Å². The SMILES string of the molecule is O=C(O)C1CCC(CN2C(=O)CSCC2=O)O1. The minimum atomic E-state index is -0.987. The summed E-state index contributed by atoms with van der Waals surface area (Å²) in [6, 6.07) is 0. The van der Waals surface area contributed by atoms with E-state index in [2.05, 4.69) is 0 Å². The van der Waals surface area contributed by atoms with E-state index in [1.165, 1.54) is 16.7 Å². The molecule has 2 atom stereocenters. The summed E-state index contributed by atoms with van der Waals surface area (Å²) in [7, 11) is 0. The summed E-state index contributed by atoms with van der Waals surface area (Å²) in [5.41, 5.74) is 0. The molecule has 2 fully saturated rings. The molecule has 2 aliphatic heterocycles. The van der Waals surface area contributed by atoms with Crippen LogP contribution in [0, 0.1) is 0 Å². The molecule has 17 heavy (non-hydrogen) atoms. The van der Waals surface area contributed by atoms with Crippen molar-refractivity contribution in [3.05, 3.63) is 0 Å². The monoisotopic (exact) mass is 259 g/mol. The Bertz CT molecular complexity index is 343. The number of aliphatic carboxylic acids is 1. The van der Waals surface area contributed by atoms with Crippen molar-refractivity contribution in [1.82, 2.24) is 4.90 Å². The average Bonchev–Trinajstić information content (AvgIpc) is 2.72. The van der Waals surface area contributed by atoms with Gasteiger partial charge in [0.25, 0.3) is 0 Å². The lowest BCUT2D eigenvalue weighted by atomic mass is 10.2. The molecule has 2 heterocycles. The van der Waals surface area contributed by atoms with E-state index in [9.17, 15) is 14.4 Å². The normalized spacial score (nSPS) is 29.8. The van der Waals surface area contributed by atoms with Gasteiger partial charge in [-0.2, -0.15) is 0 Å². The van der Waals surface area contributed by atoms with Gasteiger partial charge in [-0.3, -0.25) is 14.5 Å². The second-order valence-electron chi connectivity index (χ2n) is 4.05. The highest BCUT2D eigenvalue weighted by Crippen LogP contribution is 2.22. The zero-order valence-electron chi connectivity index (χ0n) is 9.13. The van der Waals surface area contributed by atoms with Gasteiger partial charge in [-0.1, -0.05) is 0 Å². The third-order valence-corrected chi connectivity index (χ3v) is 3.72. The van der Waals surface area contributed by atoms with E-state index in [0.717, 1.165) is 0 Å². The molecule has 0 aromatic heterocycles. The molecule has 94 valence electrons. The number of amides is 2. The van der Waals surface area contributed by atoms with Crippen LogP contribution in [0.2, 0.25) is 0 Å². The van der Waals surface area contributed by atoms with E-state index in [1.807, 2.05) is 0 Å². The highest BCUT2D eigenvalue weighted by atomic mass is 32.2. The summed E-state index contributed by atoms with van der Waals surface area (Å²) in [5, 5.41) is 8.77. The number of imide groups is 1. The fourth-order valence-electron chi connectivity index (χ4n) is 1.95. The van der Waals surface area contributed by atoms with Crippen molar-refractivity contribution in [3.63, 3.8) is 0 Å². The Morgan fingerprint density at radius 1 is 1.35 bits per heavy atom. The zero-order chi connectivity index (χ0) is 12.4. The van der Waals surface area contributed by atoms with E-state index in [4.69, 9.17) is 9.84 Å². The fourth-order valence-corrected chi connectivity index (χ4v) is 2.71. The highest BCUT2D eigenvalue weighted by Gasteiger charge is 2.35. The van der Waals surface area contributed by atoms with Crippen molar-refractivity contribution in [2.75, 3.05) is 18.1 Å². The van der Waals surface area contributed by atoms with E-state index in [-0.39, 0.29) is 24.5 Å². The average molecular weight is 259 g/mol. The summed E-state index contributed by atoms with van der Waals surface area (Å²) in [4.78, 5) is 34.9. The first-order chi connectivity index (χ1) is 8.08. The Morgan fingerprint density at radius 2 is 2.00 bits per heavy atom. The predicted octanol–water partition coefficient (Wildman–Crippen LogP) is -0.279. The Morgan fingerprint density at radius 3 is 2.53 bits per heavy atom. The first-order valence-corrected chi connectivity index (χ1v) is 6.52. The van der Waals surface area contributed by atoms with Crippen LogP contribution in [0.1, 0.15) is 12.8 Å². The molecule has 2 amide bonds. The Hall–Kier alpha value is -1.08. The summed E-state index contributed by atoms with van der Waals surface area (Å²) in [6.07, 6.45) is -0.136. The molecule has 0 radical (unpaired) electrons. The van der Waals surface area contributed by atoms with Gasteiger partial charge in [0.1, 0.15) is 0 Å².